The number of rotatable bonds is 5. The molecule has 0 bridgehead atoms. The first-order chi connectivity index (χ1) is 8.76. The molecule has 5 nitrogen and oxygen atoms in total. The molecule has 2 aromatic heterocycles. The molecule has 0 aliphatic carbocycles. The van der Waals surface area contributed by atoms with Gasteiger partial charge in [0.25, 0.3) is 0 Å². The lowest BCUT2D eigenvalue weighted by atomic mass is 10.2. The van der Waals surface area contributed by atoms with Gasteiger partial charge in [0.15, 0.2) is 0 Å². The van der Waals surface area contributed by atoms with Gasteiger partial charge in [0.05, 0.1) is 12.5 Å². The second-order valence-corrected chi connectivity index (χ2v) is 4.12. The average Bonchev–Trinajstić information content (AvgIpc) is 2.90. The standard InChI is InChI=1S/C13H18N4O/c1-4-11-12(14-2)15-9-16-13(11)17(3)7-10-5-6-18-8-10/h5-6,8-9H,4,7H2,1-3H3,(H,14,15,16). The molecule has 0 aliphatic rings. The first-order valence-corrected chi connectivity index (χ1v) is 6.00. The van der Waals surface area contributed by atoms with Crippen molar-refractivity contribution < 1.29 is 4.42 Å². The summed E-state index contributed by atoms with van der Waals surface area (Å²) in [4.78, 5) is 10.7. The van der Waals surface area contributed by atoms with Crippen molar-refractivity contribution in [3.63, 3.8) is 0 Å². The number of nitrogens with one attached hydrogen (secondary N) is 1. The normalized spacial score (nSPS) is 10.4. The second kappa shape index (κ2) is 5.53. The van der Waals surface area contributed by atoms with Crippen LogP contribution in [0.15, 0.2) is 29.3 Å². The van der Waals surface area contributed by atoms with Crippen LogP contribution in [0.4, 0.5) is 11.6 Å². The van der Waals surface area contributed by atoms with Crippen molar-refractivity contribution in [1.82, 2.24) is 9.97 Å². The van der Waals surface area contributed by atoms with E-state index < -0.39 is 0 Å². The summed E-state index contributed by atoms with van der Waals surface area (Å²) in [5.41, 5.74) is 2.26. The summed E-state index contributed by atoms with van der Waals surface area (Å²) in [5.74, 6) is 1.85. The topological polar surface area (TPSA) is 54.2 Å². The van der Waals surface area contributed by atoms with Crippen LogP contribution in [-0.2, 0) is 13.0 Å². The number of hydrogen-bond donors (Lipinski definition) is 1. The van der Waals surface area contributed by atoms with Gasteiger partial charge in [-0.3, -0.25) is 0 Å². The van der Waals surface area contributed by atoms with Crippen LogP contribution in [0.1, 0.15) is 18.1 Å². The minimum atomic E-state index is 0.768. The molecule has 96 valence electrons. The quantitative estimate of drug-likeness (QED) is 0.877. The number of anilines is 2. The Labute approximate surface area is 107 Å². The molecule has 0 fully saturated rings. The van der Waals surface area contributed by atoms with Gasteiger partial charge in [-0.2, -0.15) is 0 Å². The minimum absolute atomic E-state index is 0.768. The molecule has 2 heterocycles. The fraction of sp³-hybridized carbons (Fsp3) is 0.385. The number of hydrogen-bond acceptors (Lipinski definition) is 5. The maximum Gasteiger partial charge on any atom is 0.137 e. The Morgan fingerprint density at radius 2 is 2.22 bits per heavy atom. The van der Waals surface area contributed by atoms with Crippen molar-refractivity contribution in [2.24, 2.45) is 0 Å². The van der Waals surface area contributed by atoms with Gasteiger partial charge in [-0.25, -0.2) is 9.97 Å². The van der Waals surface area contributed by atoms with Crippen LogP contribution < -0.4 is 10.2 Å². The van der Waals surface area contributed by atoms with Crippen molar-refractivity contribution in [1.29, 1.82) is 0 Å². The third-order valence-corrected chi connectivity index (χ3v) is 2.87. The van der Waals surface area contributed by atoms with E-state index in [1.54, 1.807) is 18.9 Å². The lowest BCUT2D eigenvalue weighted by Crippen LogP contribution is -2.20. The molecule has 0 saturated carbocycles. The van der Waals surface area contributed by atoms with E-state index >= 15 is 0 Å². The Morgan fingerprint density at radius 1 is 1.39 bits per heavy atom. The smallest absolute Gasteiger partial charge is 0.137 e. The molecule has 0 unspecified atom stereocenters. The largest absolute Gasteiger partial charge is 0.472 e. The van der Waals surface area contributed by atoms with E-state index in [0.717, 1.165) is 35.7 Å². The third kappa shape index (κ3) is 2.45. The van der Waals surface area contributed by atoms with Crippen molar-refractivity contribution in [2.45, 2.75) is 19.9 Å². The predicted octanol–water partition coefficient (Wildman–Crippen LogP) is 2.31. The molecule has 2 aromatic rings. The highest BCUT2D eigenvalue weighted by atomic mass is 16.3. The van der Waals surface area contributed by atoms with Crippen LogP contribution in [0.2, 0.25) is 0 Å². The Balaban J connectivity index is 2.26. The fourth-order valence-corrected chi connectivity index (χ4v) is 2.00. The Kier molecular flexibility index (Phi) is 3.82. The minimum Gasteiger partial charge on any atom is -0.472 e. The van der Waals surface area contributed by atoms with Gasteiger partial charge in [0, 0.05) is 31.8 Å². The van der Waals surface area contributed by atoms with E-state index in [9.17, 15) is 0 Å². The molecule has 0 spiro atoms. The molecular formula is C13H18N4O. The molecule has 0 saturated heterocycles. The molecule has 1 N–H and O–H groups in total. The van der Waals surface area contributed by atoms with Gasteiger partial charge in [-0.1, -0.05) is 6.92 Å². The van der Waals surface area contributed by atoms with Gasteiger partial charge in [-0.05, 0) is 12.5 Å². The van der Waals surface area contributed by atoms with Crippen LogP contribution in [-0.4, -0.2) is 24.1 Å². The average molecular weight is 246 g/mol. The molecule has 0 atom stereocenters. The van der Waals surface area contributed by atoms with Gasteiger partial charge in [-0.15, -0.1) is 0 Å². The van der Waals surface area contributed by atoms with E-state index in [2.05, 4.69) is 27.1 Å². The highest BCUT2D eigenvalue weighted by Gasteiger charge is 2.13. The summed E-state index contributed by atoms with van der Waals surface area (Å²) in [6, 6.07) is 1.96. The maximum absolute atomic E-state index is 5.08. The van der Waals surface area contributed by atoms with Crippen LogP contribution in [0.25, 0.3) is 0 Å². The number of nitrogens with zero attached hydrogens (tertiary/aromatic N) is 3. The summed E-state index contributed by atoms with van der Waals surface area (Å²) in [7, 11) is 3.90. The highest BCUT2D eigenvalue weighted by Crippen LogP contribution is 2.23. The van der Waals surface area contributed by atoms with Crippen LogP contribution in [0.5, 0.6) is 0 Å². The summed E-state index contributed by atoms with van der Waals surface area (Å²) in [6.07, 6.45) is 5.92. The Hall–Kier alpha value is -2.04. The van der Waals surface area contributed by atoms with Crippen molar-refractivity contribution in [3.8, 4) is 0 Å². The number of aromatic nitrogens is 2. The van der Waals surface area contributed by atoms with Gasteiger partial charge >= 0.3 is 0 Å². The molecule has 5 heteroatoms. The van der Waals surface area contributed by atoms with E-state index in [1.807, 2.05) is 20.2 Å². The monoisotopic (exact) mass is 246 g/mol. The van der Waals surface area contributed by atoms with E-state index in [-0.39, 0.29) is 0 Å². The zero-order valence-corrected chi connectivity index (χ0v) is 11.0. The van der Waals surface area contributed by atoms with Crippen molar-refractivity contribution >= 4 is 11.6 Å². The summed E-state index contributed by atoms with van der Waals surface area (Å²) >= 11 is 0. The molecule has 0 radical (unpaired) electrons. The van der Waals surface area contributed by atoms with Crippen molar-refractivity contribution in [3.05, 3.63) is 36.0 Å². The zero-order valence-electron chi connectivity index (χ0n) is 11.0. The molecular weight excluding hydrogens is 228 g/mol. The van der Waals surface area contributed by atoms with Gasteiger partial charge < -0.3 is 14.6 Å². The van der Waals surface area contributed by atoms with Crippen LogP contribution in [0.3, 0.4) is 0 Å². The fourth-order valence-electron chi connectivity index (χ4n) is 2.00. The van der Waals surface area contributed by atoms with E-state index in [4.69, 9.17) is 4.42 Å². The Morgan fingerprint density at radius 3 is 2.83 bits per heavy atom. The first-order valence-electron chi connectivity index (χ1n) is 6.00. The second-order valence-electron chi connectivity index (χ2n) is 4.12. The van der Waals surface area contributed by atoms with Crippen LogP contribution >= 0.6 is 0 Å². The molecule has 18 heavy (non-hydrogen) atoms. The Bertz CT molecular complexity index is 496. The van der Waals surface area contributed by atoms with Gasteiger partial charge in [0.1, 0.15) is 18.0 Å². The molecule has 0 aliphatic heterocycles. The lowest BCUT2D eigenvalue weighted by Gasteiger charge is -2.21. The highest BCUT2D eigenvalue weighted by molar-refractivity contribution is 5.58. The summed E-state index contributed by atoms with van der Waals surface area (Å²) in [5, 5.41) is 3.10. The zero-order chi connectivity index (χ0) is 13.0. The maximum atomic E-state index is 5.08. The molecule has 0 aromatic carbocycles. The van der Waals surface area contributed by atoms with E-state index in [0.29, 0.717) is 0 Å². The van der Waals surface area contributed by atoms with Crippen molar-refractivity contribution in [2.75, 3.05) is 24.3 Å². The third-order valence-electron chi connectivity index (χ3n) is 2.87. The predicted molar refractivity (Wildman–Crippen MR) is 71.8 cm³/mol. The number of furan rings is 1. The van der Waals surface area contributed by atoms with Crippen LogP contribution in [0, 0.1) is 0 Å². The SMILES string of the molecule is CCc1c(NC)ncnc1N(C)Cc1ccoc1. The van der Waals surface area contributed by atoms with Gasteiger partial charge in [0.2, 0.25) is 0 Å². The molecule has 2 rings (SSSR count). The van der Waals surface area contributed by atoms with E-state index in [1.165, 1.54) is 0 Å². The summed E-state index contributed by atoms with van der Waals surface area (Å²) in [6.45, 7) is 2.87. The first kappa shape index (κ1) is 12.4. The summed E-state index contributed by atoms with van der Waals surface area (Å²) < 4.78 is 5.08. The lowest BCUT2D eigenvalue weighted by molar-refractivity contribution is 0.563. The molecule has 0 amide bonds.